The minimum absolute atomic E-state index is 0.0401. The van der Waals surface area contributed by atoms with Crippen molar-refractivity contribution in [1.82, 2.24) is 0 Å². The molecule has 3 fully saturated rings. The van der Waals surface area contributed by atoms with Crippen LogP contribution in [-0.2, 0) is 0 Å². The summed E-state index contributed by atoms with van der Waals surface area (Å²) in [7, 11) is 0. The molecule has 3 rings (SSSR count). The second-order valence-corrected chi connectivity index (χ2v) is 13.3. The molecule has 3 nitrogen and oxygen atoms in total. The first-order chi connectivity index (χ1) is 22.0. The molecule has 0 spiro atoms. The van der Waals surface area contributed by atoms with Crippen molar-refractivity contribution in [3.63, 3.8) is 0 Å². The van der Waals surface area contributed by atoms with Crippen LogP contribution in [0.3, 0.4) is 0 Å². The van der Waals surface area contributed by atoms with Crippen molar-refractivity contribution in [2.45, 2.75) is 134 Å². The normalized spacial score (nSPS) is 35.6. The van der Waals surface area contributed by atoms with Gasteiger partial charge in [0, 0.05) is 14.6 Å². The van der Waals surface area contributed by atoms with Gasteiger partial charge in [-0.15, -0.1) is 0 Å². The molecule has 0 amide bonds. The van der Waals surface area contributed by atoms with Crippen LogP contribution in [0.15, 0.2) is 47.6 Å². The Morgan fingerprint density at radius 3 is 2.30 bits per heavy atom. The zero-order chi connectivity index (χ0) is 37.6. The van der Waals surface area contributed by atoms with E-state index in [9.17, 15) is 46.1 Å². The van der Waals surface area contributed by atoms with Gasteiger partial charge in [-0.3, -0.25) is 0 Å². The topological polar surface area (TPSA) is 60.7 Å². The van der Waals surface area contributed by atoms with Gasteiger partial charge in [0.2, 0.25) is 0 Å². The van der Waals surface area contributed by atoms with E-state index in [4.69, 9.17) is 8.22 Å². The highest BCUT2D eigenvalue weighted by atomic mass is 19.4. The van der Waals surface area contributed by atoms with E-state index in [-0.39, 0.29) is 49.2 Å². The van der Waals surface area contributed by atoms with Crippen molar-refractivity contribution in [2.75, 3.05) is 0 Å². The lowest BCUT2D eigenvalue weighted by Gasteiger charge is -2.49. The molecule has 6 atom stereocenters. The third-order valence-electron chi connectivity index (χ3n) is 10.1. The van der Waals surface area contributed by atoms with Gasteiger partial charge in [-0.25, -0.2) is 4.39 Å². The molecule has 3 aliphatic rings. The van der Waals surface area contributed by atoms with Crippen LogP contribution in [0.25, 0.3) is 0 Å². The molecule has 2 unspecified atom stereocenters. The maximum Gasteiger partial charge on any atom is 0.429 e. The lowest BCUT2D eigenvalue weighted by atomic mass is 9.55. The average Bonchev–Trinajstić information content (AvgIpc) is 3.29. The summed E-state index contributed by atoms with van der Waals surface area (Å²) in [6.07, 6.45) is -8.51. The summed E-state index contributed by atoms with van der Waals surface area (Å²) in [5, 5.41) is 30.6. The van der Waals surface area contributed by atoms with Crippen molar-refractivity contribution in [3.05, 3.63) is 47.6 Å². The summed E-state index contributed by atoms with van der Waals surface area (Å²) in [4.78, 5) is 0. The van der Waals surface area contributed by atoms with E-state index in [1.807, 2.05) is 13.0 Å². The van der Waals surface area contributed by atoms with Crippen LogP contribution < -0.4 is 0 Å². The molecule has 3 saturated carbocycles. The van der Waals surface area contributed by atoms with Crippen molar-refractivity contribution in [3.8, 4) is 0 Å². The first-order valence-corrected chi connectivity index (χ1v) is 14.7. The van der Waals surface area contributed by atoms with E-state index in [1.165, 1.54) is 0 Å². The molecule has 10 heteroatoms. The van der Waals surface area contributed by atoms with Crippen LogP contribution in [0.2, 0.25) is 0 Å². The number of aliphatic hydroxyl groups is 3. The Balaban J connectivity index is 2.01. The van der Waals surface area contributed by atoms with Crippen LogP contribution in [0.4, 0.5) is 30.7 Å². The maximum atomic E-state index is 14.4. The molecule has 43 heavy (non-hydrogen) atoms. The van der Waals surface area contributed by atoms with Crippen molar-refractivity contribution < 1.29 is 54.3 Å². The van der Waals surface area contributed by atoms with Crippen molar-refractivity contribution in [2.24, 2.45) is 22.7 Å². The van der Waals surface area contributed by atoms with Gasteiger partial charge < -0.3 is 15.3 Å². The van der Waals surface area contributed by atoms with Gasteiger partial charge in [-0.05, 0) is 111 Å². The Bertz CT molecular complexity index is 1280. The number of halogens is 7. The summed E-state index contributed by atoms with van der Waals surface area (Å²) < 4.78 is 141. The maximum absolute atomic E-state index is 14.4. The van der Waals surface area contributed by atoms with E-state index >= 15 is 0 Å². The number of hydrogen-bond donors (Lipinski definition) is 3. The summed E-state index contributed by atoms with van der Waals surface area (Å²) in [5.74, 6) is -0.426. The second kappa shape index (κ2) is 12.6. The Hall–Kier alpha value is -1.65. The molecule has 0 heterocycles. The fourth-order valence-corrected chi connectivity index (χ4v) is 7.83. The van der Waals surface area contributed by atoms with E-state index in [2.05, 4.69) is 6.58 Å². The van der Waals surface area contributed by atoms with Crippen LogP contribution in [0.1, 0.15) is 106 Å². The van der Waals surface area contributed by atoms with Crippen LogP contribution >= 0.6 is 0 Å². The zero-order valence-electron chi connectivity index (χ0n) is 30.6. The van der Waals surface area contributed by atoms with Gasteiger partial charge in [-0.1, -0.05) is 50.6 Å². The quantitative estimate of drug-likeness (QED) is 0.176. The summed E-state index contributed by atoms with van der Waals surface area (Å²) in [5.41, 5.74) is -7.99. The SMILES string of the molecule is [2H]C([2H])([2H])C(O)(CCCC(C)(C/C=C\C(O)(C(F)(F)F)C(F)(F)F)[C@H]1CCC2/C(=C/C=C3/C[C@@H](O)C[C@H](F)C3=C)CCC[C@@]21C)C([2H])([2H])[2H]. The second-order valence-electron chi connectivity index (χ2n) is 13.3. The molecule has 0 aromatic carbocycles. The van der Waals surface area contributed by atoms with E-state index in [0.29, 0.717) is 43.8 Å². The number of allylic oxidation sites excluding steroid dienone is 5. The lowest BCUT2D eigenvalue weighted by molar-refractivity contribution is -0.347. The average molecular weight is 631 g/mol. The fourth-order valence-electron chi connectivity index (χ4n) is 7.83. The molecule has 0 aromatic heterocycles. The van der Waals surface area contributed by atoms with Gasteiger partial charge in [0.15, 0.2) is 0 Å². The largest absolute Gasteiger partial charge is 0.429 e. The first kappa shape index (κ1) is 27.6. The standard InChI is InChI=1S/C33H47F7O3/c1-21-23(19-24(41)20-26(21)34)11-10-22-9-6-17-30(5)25(22)12-13-27(30)29(4,15-7-14-28(2,3)42)16-8-18-31(43,32(35,36)37)33(38,39)40/h8,10-11,18,24-27,41-43H,1,6-7,9,12-17,19-20H2,2-5H3/b18-8-,22-10+,23-11-/t24-,25?,26+,27-,29?,30+/m1/s1/i2D3,3D3. The predicted octanol–water partition coefficient (Wildman–Crippen LogP) is 8.85. The van der Waals surface area contributed by atoms with E-state index in [1.54, 1.807) is 13.0 Å². The van der Waals surface area contributed by atoms with Crippen LogP contribution in [0.5, 0.6) is 0 Å². The molecule has 0 bridgehead atoms. The highest BCUT2D eigenvalue weighted by Crippen LogP contribution is 2.64. The molecule has 3 N–H and O–H groups in total. The number of fused-ring (bicyclic) bond motifs is 1. The highest BCUT2D eigenvalue weighted by molar-refractivity contribution is 5.39. The van der Waals surface area contributed by atoms with Gasteiger partial charge in [0.1, 0.15) is 6.17 Å². The van der Waals surface area contributed by atoms with Gasteiger partial charge >= 0.3 is 12.4 Å². The molecule has 0 aromatic rings. The lowest BCUT2D eigenvalue weighted by Crippen LogP contribution is -2.55. The molecule has 246 valence electrons. The first-order valence-electron chi connectivity index (χ1n) is 17.7. The number of aliphatic hydroxyl groups excluding tert-OH is 1. The zero-order valence-corrected chi connectivity index (χ0v) is 24.6. The Kier molecular flexibility index (Phi) is 8.12. The number of rotatable bonds is 9. The summed E-state index contributed by atoms with van der Waals surface area (Å²) >= 11 is 0. The summed E-state index contributed by atoms with van der Waals surface area (Å²) in [6.45, 7) is 0.827. The highest BCUT2D eigenvalue weighted by Gasteiger charge is 2.69. The Morgan fingerprint density at radius 1 is 1.05 bits per heavy atom. The third kappa shape index (κ3) is 7.78. The molecular formula is C33H47F7O3. The Labute approximate surface area is 259 Å². The smallest absolute Gasteiger partial charge is 0.393 e. The van der Waals surface area contributed by atoms with Crippen LogP contribution in [0, 0.1) is 22.7 Å². The summed E-state index contributed by atoms with van der Waals surface area (Å²) in [6, 6.07) is 0. The van der Waals surface area contributed by atoms with Crippen molar-refractivity contribution >= 4 is 0 Å². The Morgan fingerprint density at radius 2 is 1.70 bits per heavy atom. The number of alkyl halides is 7. The van der Waals surface area contributed by atoms with E-state index < -0.39 is 73.2 Å². The van der Waals surface area contributed by atoms with Gasteiger partial charge in [-0.2, -0.15) is 26.3 Å². The molecule has 0 radical (unpaired) electrons. The number of hydrogen-bond acceptors (Lipinski definition) is 3. The monoisotopic (exact) mass is 630 g/mol. The third-order valence-corrected chi connectivity index (χ3v) is 10.1. The minimum Gasteiger partial charge on any atom is -0.393 e. The minimum atomic E-state index is -6.07. The predicted molar refractivity (Wildman–Crippen MR) is 153 cm³/mol. The van der Waals surface area contributed by atoms with Gasteiger partial charge in [0.25, 0.3) is 5.60 Å². The fraction of sp³-hybridized carbons (Fsp3) is 0.758. The molecular weight excluding hydrogens is 577 g/mol. The molecule has 3 aliphatic carbocycles. The van der Waals surface area contributed by atoms with E-state index in [0.717, 1.165) is 5.57 Å². The molecule has 0 aliphatic heterocycles. The van der Waals surface area contributed by atoms with Crippen LogP contribution in [-0.4, -0.2) is 51.1 Å². The van der Waals surface area contributed by atoms with Crippen molar-refractivity contribution in [1.29, 1.82) is 0 Å². The van der Waals surface area contributed by atoms with Gasteiger partial charge in [0.05, 0.1) is 11.7 Å². The molecule has 0 saturated heterocycles.